The molecule has 0 unspecified atom stereocenters. The highest BCUT2D eigenvalue weighted by molar-refractivity contribution is 6.03. The van der Waals surface area contributed by atoms with E-state index in [0.29, 0.717) is 0 Å². The molecule has 1 aliphatic heterocycles. The molecule has 1 spiro atoms. The molecule has 0 bridgehead atoms. The van der Waals surface area contributed by atoms with Gasteiger partial charge in [-0.25, -0.2) is 0 Å². The van der Waals surface area contributed by atoms with Crippen LogP contribution in [0.15, 0.2) is 109 Å². The van der Waals surface area contributed by atoms with E-state index in [-0.39, 0.29) is 0 Å². The Hall–Kier alpha value is -4.88. The van der Waals surface area contributed by atoms with E-state index in [9.17, 15) is 0 Å². The molecule has 1 heteroatoms. The van der Waals surface area contributed by atoms with Crippen LogP contribution in [0.3, 0.4) is 0 Å². The third-order valence-corrected chi connectivity index (χ3v) is 10.3. The van der Waals surface area contributed by atoms with Crippen LogP contribution in [0.25, 0.3) is 43.4 Å². The van der Waals surface area contributed by atoms with E-state index in [4.69, 9.17) is 4.74 Å². The van der Waals surface area contributed by atoms with Gasteiger partial charge in [0.2, 0.25) is 0 Å². The molecule has 2 aliphatic rings. The standard InChI is InChI=1S/C41H30O/c1-23-13-15-27-17-19-34-39(37(27)25(23)3)42-40-35(20-18-28-16-14-24(2)26(4)38(28)40)41(34)33-12-8-7-11-31(33)32-21-29-9-5-6-10-30(29)22-36(32)41/h5-22H,1-4H3. The first-order valence-electron chi connectivity index (χ1n) is 14.9. The second-order valence-corrected chi connectivity index (χ2v) is 12.2. The summed E-state index contributed by atoms with van der Waals surface area (Å²) in [5, 5.41) is 7.39. The molecule has 0 fully saturated rings. The molecule has 7 aromatic carbocycles. The molecule has 0 N–H and O–H groups in total. The van der Waals surface area contributed by atoms with Crippen LogP contribution in [0.4, 0.5) is 0 Å². The fraction of sp³-hybridized carbons (Fsp3) is 0.122. The SMILES string of the molecule is Cc1ccc2ccc3c(c2c1C)Oc1c(ccc2ccc(C)c(C)c12)C31c2ccccc2-c2cc3ccccc3cc21. The molecule has 200 valence electrons. The van der Waals surface area contributed by atoms with Crippen molar-refractivity contribution in [2.75, 3.05) is 0 Å². The molecule has 0 atom stereocenters. The lowest BCUT2D eigenvalue weighted by Gasteiger charge is -2.40. The minimum absolute atomic E-state index is 0.506. The van der Waals surface area contributed by atoms with Crippen LogP contribution in [-0.4, -0.2) is 0 Å². The van der Waals surface area contributed by atoms with Crippen LogP contribution < -0.4 is 4.74 Å². The Labute approximate surface area is 246 Å². The lowest BCUT2D eigenvalue weighted by atomic mass is 9.65. The highest BCUT2D eigenvalue weighted by Gasteiger charge is 2.52. The monoisotopic (exact) mass is 538 g/mol. The summed E-state index contributed by atoms with van der Waals surface area (Å²) in [4.78, 5) is 0. The topological polar surface area (TPSA) is 9.23 Å². The molecule has 7 aromatic rings. The number of benzene rings is 7. The summed E-state index contributed by atoms with van der Waals surface area (Å²) >= 11 is 0. The maximum Gasteiger partial charge on any atom is 0.140 e. The van der Waals surface area contributed by atoms with Crippen molar-refractivity contribution in [2.45, 2.75) is 33.1 Å². The van der Waals surface area contributed by atoms with Gasteiger partial charge in [0, 0.05) is 21.9 Å². The van der Waals surface area contributed by atoms with Gasteiger partial charge in [-0.15, -0.1) is 0 Å². The van der Waals surface area contributed by atoms with E-state index in [1.54, 1.807) is 0 Å². The van der Waals surface area contributed by atoms with Gasteiger partial charge in [-0.3, -0.25) is 0 Å². The third-order valence-electron chi connectivity index (χ3n) is 10.3. The highest BCUT2D eigenvalue weighted by atomic mass is 16.5. The van der Waals surface area contributed by atoms with Crippen molar-refractivity contribution in [3.63, 3.8) is 0 Å². The summed E-state index contributed by atoms with van der Waals surface area (Å²) in [6.45, 7) is 8.89. The predicted molar refractivity (Wildman–Crippen MR) is 175 cm³/mol. The van der Waals surface area contributed by atoms with Gasteiger partial charge in [0.05, 0.1) is 5.41 Å². The molecule has 1 nitrogen and oxygen atoms in total. The van der Waals surface area contributed by atoms with E-state index in [2.05, 4.69) is 137 Å². The Kier molecular flexibility index (Phi) is 4.59. The summed E-state index contributed by atoms with van der Waals surface area (Å²) in [6.07, 6.45) is 0. The Bertz CT molecular complexity index is 2220. The summed E-state index contributed by atoms with van der Waals surface area (Å²) in [6, 6.07) is 40.9. The van der Waals surface area contributed by atoms with Crippen LogP contribution in [0.2, 0.25) is 0 Å². The van der Waals surface area contributed by atoms with Crippen LogP contribution in [0.5, 0.6) is 11.5 Å². The first-order chi connectivity index (χ1) is 20.5. The van der Waals surface area contributed by atoms with Gasteiger partial charge >= 0.3 is 0 Å². The summed E-state index contributed by atoms with van der Waals surface area (Å²) in [5.74, 6) is 1.98. The van der Waals surface area contributed by atoms with Crippen molar-refractivity contribution in [2.24, 2.45) is 0 Å². The van der Waals surface area contributed by atoms with Gasteiger partial charge in [-0.05, 0) is 106 Å². The maximum absolute atomic E-state index is 7.28. The van der Waals surface area contributed by atoms with Gasteiger partial charge in [0.25, 0.3) is 0 Å². The van der Waals surface area contributed by atoms with Gasteiger partial charge in [0.15, 0.2) is 0 Å². The molecule has 0 aromatic heterocycles. The fourth-order valence-corrected chi connectivity index (χ4v) is 7.91. The van der Waals surface area contributed by atoms with E-state index in [1.807, 2.05) is 0 Å². The van der Waals surface area contributed by atoms with Gasteiger partial charge in [-0.1, -0.05) is 97.1 Å². The number of hydrogen-bond acceptors (Lipinski definition) is 1. The van der Waals surface area contributed by atoms with Crippen molar-refractivity contribution in [3.8, 4) is 22.6 Å². The summed E-state index contributed by atoms with van der Waals surface area (Å²) < 4.78 is 7.28. The average Bonchev–Trinajstić information content (AvgIpc) is 3.29. The summed E-state index contributed by atoms with van der Waals surface area (Å²) in [7, 11) is 0. The quantitative estimate of drug-likeness (QED) is 0.187. The van der Waals surface area contributed by atoms with Gasteiger partial charge < -0.3 is 4.74 Å². The van der Waals surface area contributed by atoms with Crippen LogP contribution in [0.1, 0.15) is 44.5 Å². The molecule has 42 heavy (non-hydrogen) atoms. The number of fused-ring (bicyclic) bond motifs is 14. The second kappa shape index (κ2) is 8.11. The van der Waals surface area contributed by atoms with Gasteiger partial charge in [-0.2, -0.15) is 0 Å². The number of rotatable bonds is 0. The average molecular weight is 539 g/mol. The Balaban J connectivity index is 1.56. The van der Waals surface area contributed by atoms with E-state index in [0.717, 1.165) is 11.5 Å². The van der Waals surface area contributed by atoms with Crippen LogP contribution >= 0.6 is 0 Å². The Morgan fingerprint density at radius 1 is 0.429 bits per heavy atom. The minimum atomic E-state index is -0.506. The van der Waals surface area contributed by atoms with Crippen molar-refractivity contribution in [1.29, 1.82) is 0 Å². The van der Waals surface area contributed by atoms with Crippen molar-refractivity contribution >= 4 is 32.3 Å². The molecule has 0 saturated carbocycles. The third kappa shape index (κ3) is 2.79. The largest absolute Gasteiger partial charge is 0.455 e. The molecule has 0 radical (unpaired) electrons. The second-order valence-electron chi connectivity index (χ2n) is 12.2. The predicted octanol–water partition coefficient (Wildman–Crippen LogP) is 10.8. The van der Waals surface area contributed by atoms with Crippen molar-refractivity contribution < 1.29 is 4.74 Å². The molecular formula is C41H30O. The van der Waals surface area contributed by atoms with Gasteiger partial charge in [0.1, 0.15) is 11.5 Å². The Morgan fingerprint density at radius 3 is 1.57 bits per heavy atom. The van der Waals surface area contributed by atoms with Crippen LogP contribution in [0, 0.1) is 27.7 Å². The number of aryl methyl sites for hydroxylation is 4. The fourth-order valence-electron chi connectivity index (χ4n) is 7.91. The zero-order valence-corrected chi connectivity index (χ0v) is 24.3. The first-order valence-corrected chi connectivity index (χ1v) is 14.9. The molecule has 1 heterocycles. The minimum Gasteiger partial charge on any atom is -0.455 e. The zero-order chi connectivity index (χ0) is 28.3. The molecule has 9 rings (SSSR count). The zero-order valence-electron chi connectivity index (χ0n) is 24.3. The van der Waals surface area contributed by atoms with Crippen LogP contribution in [-0.2, 0) is 5.41 Å². The van der Waals surface area contributed by atoms with Crippen molar-refractivity contribution in [3.05, 3.63) is 154 Å². The molecule has 1 aliphatic carbocycles. The van der Waals surface area contributed by atoms with Crippen molar-refractivity contribution in [1.82, 2.24) is 0 Å². The Morgan fingerprint density at radius 2 is 0.952 bits per heavy atom. The van der Waals surface area contributed by atoms with E-state index < -0.39 is 5.41 Å². The highest BCUT2D eigenvalue weighted by Crippen LogP contribution is 2.64. The first kappa shape index (κ1) is 23.8. The maximum atomic E-state index is 7.28. The van der Waals surface area contributed by atoms with E-state index in [1.165, 1.54) is 88.0 Å². The molecular weight excluding hydrogens is 508 g/mol. The number of ether oxygens (including phenoxy) is 1. The molecule has 0 amide bonds. The normalized spacial score (nSPS) is 14.1. The number of hydrogen-bond donors (Lipinski definition) is 0. The van der Waals surface area contributed by atoms with E-state index >= 15 is 0 Å². The summed E-state index contributed by atoms with van der Waals surface area (Å²) in [5.41, 5.74) is 12.3. The lowest BCUT2D eigenvalue weighted by Crippen LogP contribution is -2.32. The lowest BCUT2D eigenvalue weighted by molar-refractivity contribution is 0.447. The molecule has 0 saturated heterocycles. The smallest absolute Gasteiger partial charge is 0.140 e.